The highest BCUT2D eigenvalue weighted by molar-refractivity contribution is 7.80. The van der Waals surface area contributed by atoms with Gasteiger partial charge in [-0.05, 0) is 24.3 Å². The van der Waals surface area contributed by atoms with Gasteiger partial charge in [-0.3, -0.25) is 13.3 Å². The van der Waals surface area contributed by atoms with E-state index in [0.717, 1.165) is 15.1 Å². The molecule has 0 aliphatic carbocycles. The minimum atomic E-state index is -2.67. The van der Waals surface area contributed by atoms with Crippen LogP contribution in [0.1, 0.15) is 0 Å². The number of benzene rings is 2. The van der Waals surface area contributed by atoms with Gasteiger partial charge in [0.25, 0.3) is 0 Å². The fraction of sp³-hybridized carbons (Fsp3) is 0.0714. The van der Waals surface area contributed by atoms with Crippen molar-refractivity contribution in [1.29, 1.82) is 0 Å². The smallest absolute Gasteiger partial charge is 0.324 e. The molecule has 1 aromatic heterocycles. The quantitative estimate of drug-likeness (QED) is 0.746. The molecular weight excluding hydrogens is 294 g/mol. The summed E-state index contributed by atoms with van der Waals surface area (Å²) in [5, 5.41) is 10.4. The van der Waals surface area contributed by atoms with E-state index in [4.69, 9.17) is 9.52 Å². The lowest BCUT2D eigenvalue weighted by atomic mass is 10.1. The van der Waals surface area contributed by atoms with E-state index in [9.17, 15) is 13.6 Å². The number of anilines is 1. The van der Waals surface area contributed by atoms with Gasteiger partial charge < -0.3 is 14.1 Å². The van der Waals surface area contributed by atoms with Crippen LogP contribution in [0.5, 0.6) is 0 Å². The molecule has 1 heterocycles. The summed E-state index contributed by atoms with van der Waals surface area (Å²) in [7, 11) is 0. The molecule has 3 aromatic rings. The molecule has 0 saturated heterocycles. The summed E-state index contributed by atoms with van der Waals surface area (Å²) in [6.45, 7) is -0.628. The Kier molecular flexibility index (Phi) is 3.36. The van der Waals surface area contributed by atoms with Gasteiger partial charge in [-0.1, -0.05) is 18.2 Å². The van der Waals surface area contributed by atoms with E-state index >= 15 is 0 Å². The fourth-order valence-electron chi connectivity index (χ4n) is 2.22. The number of carboxylic acids is 1. The Labute approximate surface area is 122 Å². The SMILES string of the molecule is O=C(O)CN(c1ccc2oc3ccccc3c2c1)S(=O)[O-]. The number of aliphatic carboxylic acids is 1. The summed E-state index contributed by atoms with van der Waals surface area (Å²) in [5.41, 5.74) is 1.59. The van der Waals surface area contributed by atoms with Crippen molar-refractivity contribution in [1.82, 2.24) is 0 Å². The fourth-order valence-corrected chi connectivity index (χ4v) is 2.72. The van der Waals surface area contributed by atoms with Crippen molar-refractivity contribution >= 4 is 44.9 Å². The first kappa shape index (κ1) is 13.6. The number of rotatable bonds is 4. The van der Waals surface area contributed by atoms with Crippen molar-refractivity contribution in [3.05, 3.63) is 42.5 Å². The number of furan rings is 1. The first-order chi connectivity index (χ1) is 10.1. The summed E-state index contributed by atoms with van der Waals surface area (Å²) >= 11 is -2.67. The van der Waals surface area contributed by atoms with Gasteiger partial charge in [0.1, 0.15) is 17.7 Å². The lowest BCUT2D eigenvalue weighted by Crippen LogP contribution is -2.31. The van der Waals surface area contributed by atoms with E-state index in [-0.39, 0.29) is 5.69 Å². The van der Waals surface area contributed by atoms with Gasteiger partial charge >= 0.3 is 5.97 Å². The molecule has 0 fully saturated rings. The molecule has 0 saturated carbocycles. The highest BCUT2D eigenvalue weighted by Crippen LogP contribution is 2.31. The highest BCUT2D eigenvalue weighted by atomic mass is 32.2. The van der Waals surface area contributed by atoms with E-state index in [0.29, 0.717) is 11.2 Å². The van der Waals surface area contributed by atoms with E-state index in [1.54, 1.807) is 12.1 Å². The first-order valence-electron chi connectivity index (χ1n) is 6.06. The minimum Gasteiger partial charge on any atom is -0.755 e. The van der Waals surface area contributed by atoms with Crippen molar-refractivity contribution in [2.24, 2.45) is 0 Å². The van der Waals surface area contributed by atoms with E-state index < -0.39 is 23.8 Å². The zero-order valence-corrected chi connectivity index (χ0v) is 11.5. The first-order valence-corrected chi connectivity index (χ1v) is 7.09. The Morgan fingerprint density at radius 2 is 1.90 bits per heavy atom. The number of hydrogen-bond donors (Lipinski definition) is 1. The summed E-state index contributed by atoms with van der Waals surface area (Å²) in [6, 6.07) is 12.1. The summed E-state index contributed by atoms with van der Waals surface area (Å²) in [5.74, 6) is -1.23. The topological polar surface area (TPSA) is 93.8 Å². The number of carboxylic acid groups (broad SMARTS) is 1. The molecule has 0 aliphatic rings. The Balaban J connectivity index is 2.16. The van der Waals surface area contributed by atoms with Crippen LogP contribution in [0.25, 0.3) is 21.9 Å². The molecule has 21 heavy (non-hydrogen) atoms. The van der Waals surface area contributed by atoms with Crippen LogP contribution in [0.2, 0.25) is 0 Å². The predicted molar refractivity (Wildman–Crippen MR) is 77.6 cm³/mol. The van der Waals surface area contributed by atoms with Crippen LogP contribution in [-0.4, -0.2) is 26.4 Å². The van der Waals surface area contributed by atoms with Gasteiger partial charge in [0, 0.05) is 27.7 Å². The molecular formula is C14H10NO5S-. The number of hydrogen-bond acceptors (Lipinski definition) is 4. The highest BCUT2D eigenvalue weighted by Gasteiger charge is 2.14. The average Bonchev–Trinajstić information content (AvgIpc) is 2.82. The molecule has 6 nitrogen and oxygen atoms in total. The molecule has 1 atom stereocenters. The molecule has 3 rings (SSSR count). The normalized spacial score (nSPS) is 12.6. The van der Waals surface area contributed by atoms with Crippen molar-refractivity contribution in [3.63, 3.8) is 0 Å². The van der Waals surface area contributed by atoms with Gasteiger partial charge in [-0.15, -0.1) is 0 Å². The monoisotopic (exact) mass is 304 g/mol. The second-order valence-electron chi connectivity index (χ2n) is 4.43. The van der Waals surface area contributed by atoms with Gasteiger partial charge in [0.05, 0.1) is 0 Å². The Morgan fingerprint density at radius 3 is 2.62 bits per heavy atom. The number of fused-ring (bicyclic) bond motifs is 3. The molecule has 0 bridgehead atoms. The van der Waals surface area contributed by atoms with Gasteiger partial charge in [-0.2, -0.15) is 0 Å². The van der Waals surface area contributed by atoms with Crippen LogP contribution in [0.4, 0.5) is 5.69 Å². The minimum absolute atomic E-state index is 0.282. The number of carbonyl (C=O) groups is 1. The lowest BCUT2D eigenvalue weighted by Gasteiger charge is -2.24. The number of nitrogens with zero attached hydrogens (tertiary/aromatic N) is 1. The molecule has 0 spiro atoms. The zero-order chi connectivity index (χ0) is 15.0. The van der Waals surface area contributed by atoms with Crippen molar-refractivity contribution in [2.75, 3.05) is 10.8 Å². The van der Waals surface area contributed by atoms with Crippen molar-refractivity contribution in [3.8, 4) is 0 Å². The number of para-hydroxylation sites is 1. The van der Waals surface area contributed by atoms with Crippen LogP contribution in [0, 0.1) is 0 Å². The summed E-state index contributed by atoms with van der Waals surface area (Å²) in [4.78, 5) is 10.8. The third-order valence-corrected chi connectivity index (χ3v) is 3.81. The van der Waals surface area contributed by atoms with Crippen molar-refractivity contribution in [2.45, 2.75) is 0 Å². The van der Waals surface area contributed by atoms with Crippen molar-refractivity contribution < 1.29 is 23.1 Å². The Morgan fingerprint density at radius 1 is 1.19 bits per heavy atom. The van der Waals surface area contributed by atoms with Gasteiger partial charge in [0.15, 0.2) is 0 Å². The molecule has 1 N–H and O–H groups in total. The van der Waals surface area contributed by atoms with Crippen LogP contribution in [0.15, 0.2) is 46.9 Å². The Hall–Kier alpha value is -2.38. The molecule has 108 valence electrons. The molecule has 0 radical (unpaired) electrons. The molecule has 0 amide bonds. The largest absolute Gasteiger partial charge is 0.755 e. The molecule has 2 aromatic carbocycles. The molecule has 0 aliphatic heterocycles. The van der Waals surface area contributed by atoms with Crippen LogP contribution in [0.3, 0.4) is 0 Å². The average molecular weight is 304 g/mol. The molecule has 7 heteroatoms. The van der Waals surface area contributed by atoms with Crippen LogP contribution < -0.4 is 4.31 Å². The van der Waals surface area contributed by atoms with Crippen LogP contribution >= 0.6 is 0 Å². The van der Waals surface area contributed by atoms with E-state index in [1.807, 2.05) is 24.3 Å². The predicted octanol–water partition coefficient (Wildman–Crippen LogP) is 2.27. The third-order valence-electron chi connectivity index (χ3n) is 3.11. The van der Waals surface area contributed by atoms with Crippen LogP contribution in [-0.2, 0) is 16.1 Å². The maximum absolute atomic E-state index is 11.2. The zero-order valence-electron chi connectivity index (χ0n) is 10.7. The second-order valence-corrected chi connectivity index (χ2v) is 5.30. The van der Waals surface area contributed by atoms with Gasteiger partial charge in [0.2, 0.25) is 0 Å². The summed E-state index contributed by atoms with van der Waals surface area (Å²) in [6.07, 6.45) is 0. The lowest BCUT2D eigenvalue weighted by molar-refractivity contribution is -0.135. The summed E-state index contributed by atoms with van der Waals surface area (Å²) < 4.78 is 28.8. The van der Waals surface area contributed by atoms with Gasteiger partial charge in [-0.25, -0.2) is 0 Å². The second kappa shape index (κ2) is 5.19. The molecule has 1 unspecified atom stereocenters. The van der Waals surface area contributed by atoms with E-state index in [2.05, 4.69) is 0 Å². The maximum atomic E-state index is 11.2. The standard InChI is InChI=1S/C14H11NO5S/c16-14(17)8-15(21(18)19)9-5-6-13-11(7-9)10-3-1-2-4-12(10)20-13/h1-7H,8H2,(H,16,17)(H,18,19)/p-1. The van der Waals surface area contributed by atoms with E-state index in [1.165, 1.54) is 6.07 Å². The third kappa shape index (κ3) is 2.48. The maximum Gasteiger partial charge on any atom is 0.324 e. The Bertz CT molecular complexity index is 857.